The van der Waals surface area contributed by atoms with Crippen LogP contribution in [0.2, 0.25) is 5.02 Å². The average molecular weight is 445 g/mol. The van der Waals surface area contributed by atoms with Gasteiger partial charge in [0.25, 0.3) is 0 Å². The van der Waals surface area contributed by atoms with E-state index in [1.807, 2.05) is 45.0 Å². The highest BCUT2D eigenvalue weighted by Gasteiger charge is 2.27. The van der Waals surface area contributed by atoms with Crippen LogP contribution in [-0.4, -0.2) is 56.0 Å². The predicted octanol–water partition coefficient (Wildman–Crippen LogP) is 5.11. The lowest BCUT2D eigenvalue weighted by molar-refractivity contribution is -0.0436. The monoisotopic (exact) mass is 444 g/mol. The van der Waals surface area contributed by atoms with Crippen molar-refractivity contribution in [3.05, 3.63) is 53.1 Å². The van der Waals surface area contributed by atoms with Gasteiger partial charge in [0.2, 0.25) is 0 Å². The van der Waals surface area contributed by atoms with Crippen LogP contribution in [0.25, 0.3) is 11.1 Å². The smallest absolute Gasteiger partial charge is 0.410 e. The fraction of sp³-hybridized carbons (Fsp3) is 0.458. The number of amides is 1. The zero-order valence-electron chi connectivity index (χ0n) is 18.3. The van der Waals surface area contributed by atoms with E-state index in [1.54, 1.807) is 4.90 Å². The molecule has 0 atom stereocenters. The normalized spacial score (nSPS) is 17.8. The molecule has 1 amide bonds. The van der Waals surface area contributed by atoms with Crippen molar-refractivity contribution < 1.29 is 19.0 Å². The Morgan fingerprint density at radius 1 is 1.00 bits per heavy atom. The highest BCUT2D eigenvalue weighted by atomic mass is 35.5. The van der Waals surface area contributed by atoms with Gasteiger partial charge in [-0.1, -0.05) is 29.8 Å². The molecule has 7 heteroatoms. The second-order valence-electron chi connectivity index (χ2n) is 8.81. The molecule has 2 fully saturated rings. The van der Waals surface area contributed by atoms with Crippen LogP contribution in [0.15, 0.2) is 42.5 Å². The predicted molar refractivity (Wildman–Crippen MR) is 122 cm³/mol. The van der Waals surface area contributed by atoms with Crippen molar-refractivity contribution in [2.75, 3.05) is 44.3 Å². The van der Waals surface area contributed by atoms with Crippen LogP contribution < -0.4 is 4.90 Å². The maximum absolute atomic E-state index is 12.4. The van der Waals surface area contributed by atoms with E-state index >= 15 is 0 Å². The molecule has 0 spiro atoms. The van der Waals surface area contributed by atoms with Gasteiger partial charge in [0.1, 0.15) is 5.60 Å². The lowest BCUT2D eigenvalue weighted by Crippen LogP contribution is -2.50. The molecule has 2 aliphatic rings. The van der Waals surface area contributed by atoms with E-state index < -0.39 is 5.60 Å². The Bertz CT molecular complexity index is 912. The minimum absolute atomic E-state index is 0.251. The summed E-state index contributed by atoms with van der Waals surface area (Å²) in [5.74, 6) is 0. The first-order valence-corrected chi connectivity index (χ1v) is 11.0. The maximum atomic E-state index is 12.4. The van der Waals surface area contributed by atoms with Crippen molar-refractivity contribution in [3.8, 4) is 11.1 Å². The molecule has 0 aliphatic carbocycles. The van der Waals surface area contributed by atoms with E-state index in [0.29, 0.717) is 31.3 Å². The summed E-state index contributed by atoms with van der Waals surface area (Å²) in [6.45, 7) is 9.57. The van der Waals surface area contributed by atoms with Crippen molar-refractivity contribution in [1.29, 1.82) is 0 Å². The van der Waals surface area contributed by atoms with Gasteiger partial charge in [-0.05, 0) is 56.2 Å². The Morgan fingerprint density at radius 2 is 1.65 bits per heavy atom. The molecule has 2 heterocycles. The number of anilines is 1. The summed E-state index contributed by atoms with van der Waals surface area (Å²) in [5.41, 5.74) is 3.75. The molecule has 2 aromatic rings. The van der Waals surface area contributed by atoms with Gasteiger partial charge in [0.05, 0.1) is 13.2 Å². The fourth-order valence-corrected chi connectivity index (χ4v) is 3.97. The van der Waals surface area contributed by atoms with E-state index in [4.69, 9.17) is 25.8 Å². The number of hydrogen-bond acceptors (Lipinski definition) is 5. The van der Waals surface area contributed by atoms with Gasteiger partial charge in [-0.2, -0.15) is 0 Å². The van der Waals surface area contributed by atoms with Crippen LogP contribution in [0.1, 0.15) is 32.6 Å². The molecule has 166 valence electrons. The van der Waals surface area contributed by atoms with Gasteiger partial charge in [-0.3, -0.25) is 0 Å². The Kier molecular flexibility index (Phi) is 6.42. The maximum Gasteiger partial charge on any atom is 0.410 e. The molecular weight excluding hydrogens is 416 g/mol. The Balaban J connectivity index is 1.52. The van der Waals surface area contributed by atoms with E-state index in [2.05, 4.69) is 23.1 Å². The van der Waals surface area contributed by atoms with E-state index in [9.17, 15) is 4.79 Å². The van der Waals surface area contributed by atoms with Gasteiger partial charge in [0.15, 0.2) is 6.29 Å². The summed E-state index contributed by atoms with van der Waals surface area (Å²) < 4.78 is 17.2. The van der Waals surface area contributed by atoms with Crippen LogP contribution in [0.3, 0.4) is 0 Å². The van der Waals surface area contributed by atoms with E-state index in [0.717, 1.165) is 35.5 Å². The second kappa shape index (κ2) is 9.07. The standard InChI is InChI=1S/C24H29ClN2O4/c1-24(2,3)31-23(28)27-12-10-26(11-13-27)19-8-9-20(17-4-6-18(25)7-5-17)21(16-19)22-29-14-15-30-22/h4-9,16,22H,10-15H2,1-3H3. The third-order valence-corrected chi connectivity index (χ3v) is 5.61. The van der Waals surface area contributed by atoms with Crippen LogP contribution in [0, 0.1) is 0 Å². The Hall–Kier alpha value is -2.28. The van der Waals surface area contributed by atoms with Crippen molar-refractivity contribution >= 4 is 23.4 Å². The van der Waals surface area contributed by atoms with Crippen LogP contribution >= 0.6 is 11.6 Å². The first-order chi connectivity index (χ1) is 14.8. The number of benzene rings is 2. The van der Waals surface area contributed by atoms with Crippen LogP contribution in [-0.2, 0) is 14.2 Å². The first-order valence-electron chi connectivity index (χ1n) is 10.7. The molecule has 2 saturated heterocycles. The van der Waals surface area contributed by atoms with Gasteiger partial charge in [0, 0.05) is 42.5 Å². The highest BCUT2D eigenvalue weighted by Crippen LogP contribution is 2.36. The van der Waals surface area contributed by atoms with Crippen LogP contribution in [0.5, 0.6) is 0 Å². The first kappa shape index (κ1) is 21.9. The summed E-state index contributed by atoms with van der Waals surface area (Å²) in [6.07, 6.45) is -0.632. The minimum atomic E-state index is -0.484. The molecule has 2 aliphatic heterocycles. The number of piperazine rings is 1. The highest BCUT2D eigenvalue weighted by molar-refractivity contribution is 6.30. The van der Waals surface area contributed by atoms with Crippen molar-refractivity contribution in [3.63, 3.8) is 0 Å². The largest absolute Gasteiger partial charge is 0.444 e. The average Bonchev–Trinajstić information content (AvgIpc) is 3.28. The quantitative estimate of drug-likeness (QED) is 0.658. The molecule has 0 radical (unpaired) electrons. The number of rotatable bonds is 3. The minimum Gasteiger partial charge on any atom is -0.444 e. The molecular formula is C24H29ClN2O4. The third-order valence-electron chi connectivity index (χ3n) is 5.36. The number of carbonyl (C=O) groups excluding carboxylic acids is 1. The number of carbonyl (C=O) groups is 1. The van der Waals surface area contributed by atoms with Crippen molar-refractivity contribution in [1.82, 2.24) is 4.90 Å². The van der Waals surface area contributed by atoms with Crippen LogP contribution in [0.4, 0.5) is 10.5 Å². The van der Waals surface area contributed by atoms with Gasteiger partial charge in [-0.25, -0.2) is 4.79 Å². The molecule has 2 aromatic carbocycles. The molecule has 4 rings (SSSR count). The molecule has 0 bridgehead atoms. The van der Waals surface area contributed by atoms with E-state index in [1.165, 1.54) is 0 Å². The summed E-state index contributed by atoms with van der Waals surface area (Å²) in [5, 5.41) is 0.707. The van der Waals surface area contributed by atoms with Gasteiger partial charge in [-0.15, -0.1) is 0 Å². The molecule has 6 nitrogen and oxygen atoms in total. The number of halogens is 1. The summed E-state index contributed by atoms with van der Waals surface area (Å²) in [6, 6.07) is 14.2. The Labute approximate surface area is 188 Å². The van der Waals surface area contributed by atoms with Crippen molar-refractivity contribution in [2.45, 2.75) is 32.7 Å². The topological polar surface area (TPSA) is 51.2 Å². The summed E-state index contributed by atoms with van der Waals surface area (Å²) >= 11 is 6.07. The number of ether oxygens (including phenoxy) is 3. The lowest BCUT2D eigenvalue weighted by Gasteiger charge is -2.37. The summed E-state index contributed by atoms with van der Waals surface area (Å²) in [4.78, 5) is 16.4. The molecule has 0 aromatic heterocycles. The second-order valence-corrected chi connectivity index (χ2v) is 9.24. The van der Waals surface area contributed by atoms with E-state index in [-0.39, 0.29) is 12.4 Å². The fourth-order valence-electron chi connectivity index (χ4n) is 3.85. The number of hydrogen-bond donors (Lipinski definition) is 0. The number of nitrogens with zero attached hydrogens (tertiary/aromatic N) is 2. The SMILES string of the molecule is CC(C)(C)OC(=O)N1CCN(c2ccc(-c3ccc(Cl)cc3)c(C3OCCO3)c2)CC1. The van der Waals surface area contributed by atoms with Crippen molar-refractivity contribution in [2.24, 2.45) is 0 Å². The molecule has 0 saturated carbocycles. The molecule has 31 heavy (non-hydrogen) atoms. The Morgan fingerprint density at radius 3 is 2.26 bits per heavy atom. The molecule has 0 unspecified atom stereocenters. The zero-order chi connectivity index (χ0) is 22.0. The molecule has 0 N–H and O–H groups in total. The summed E-state index contributed by atoms with van der Waals surface area (Å²) in [7, 11) is 0. The third kappa shape index (κ3) is 5.32. The lowest BCUT2D eigenvalue weighted by atomic mass is 9.98. The van der Waals surface area contributed by atoms with Gasteiger partial charge < -0.3 is 24.0 Å². The zero-order valence-corrected chi connectivity index (χ0v) is 19.0. The van der Waals surface area contributed by atoms with Gasteiger partial charge >= 0.3 is 6.09 Å².